The van der Waals surface area contributed by atoms with E-state index in [1.807, 2.05) is 13.0 Å². The summed E-state index contributed by atoms with van der Waals surface area (Å²) < 4.78 is 11.2. The van der Waals surface area contributed by atoms with Crippen LogP contribution in [0.5, 0.6) is 0 Å². The maximum Gasteiger partial charge on any atom is 0.103 e. The van der Waals surface area contributed by atoms with Gasteiger partial charge in [-0.3, -0.25) is 0 Å². The van der Waals surface area contributed by atoms with Gasteiger partial charge in [0.15, 0.2) is 0 Å². The predicted molar refractivity (Wildman–Crippen MR) is 85.6 cm³/mol. The van der Waals surface area contributed by atoms with Gasteiger partial charge in [0.25, 0.3) is 0 Å². The molecule has 2 rings (SSSR count). The normalized spacial score (nSPS) is 25.0. The van der Waals surface area contributed by atoms with Gasteiger partial charge in [-0.05, 0) is 25.5 Å². The minimum atomic E-state index is 0.132. The standard InChI is InChI=1S/C16H23NO2S/c1-4-10-20-15-9-7-6-8-12(15)17-13-11-14(19-5-2)16(13)18-3/h4,6-9,13-14,16-17H,1,5,10-11H2,2-3H3. The minimum Gasteiger partial charge on any atom is -0.379 e. The van der Waals surface area contributed by atoms with E-state index in [0.717, 1.165) is 18.8 Å². The van der Waals surface area contributed by atoms with Gasteiger partial charge in [-0.2, -0.15) is 0 Å². The van der Waals surface area contributed by atoms with Crippen molar-refractivity contribution in [2.75, 3.05) is 24.8 Å². The molecule has 0 aliphatic heterocycles. The number of rotatable bonds is 8. The third-order valence-corrected chi connectivity index (χ3v) is 4.56. The third-order valence-electron chi connectivity index (χ3n) is 3.49. The smallest absolute Gasteiger partial charge is 0.103 e. The lowest BCUT2D eigenvalue weighted by molar-refractivity contribution is -0.118. The molecule has 1 N–H and O–H groups in total. The molecule has 0 amide bonds. The van der Waals surface area contributed by atoms with E-state index in [1.165, 1.54) is 10.6 Å². The zero-order valence-electron chi connectivity index (χ0n) is 12.2. The van der Waals surface area contributed by atoms with Gasteiger partial charge < -0.3 is 14.8 Å². The number of nitrogens with one attached hydrogen (secondary N) is 1. The molecule has 1 saturated carbocycles. The van der Waals surface area contributed by atoms with Crippen molar-refractivity contribution in [1.29, 1.82) is 0 Å². The largest absolute Gasteiger partial charge is 0.379 e. The number of para-hydroxylation sites is 1. The van der Waals surface area contributed by atoms with Crippen molar-refractivity contribution in [3.8, 4) is 0 Å². The number of hydrogen-bond acceptors (Lipinski definition) is 4. The first-order chi connectivity index (χ1) is 9.80. The summed E-state index contributed by atoms with van der Waals surface area (Å²) in [6.45, 7) is 6.53. The molecule has 4 heteroatoms. The maximum absolute atomic E-state index is 5.66. The Balaban J connectivity index is 1.98. The number of benzene rings is 1. The van der Waals surface area contributed by atoms with E-state index >= 15 is 0 Å². The van der Waals surface area contributed by atoms with Gasteiger partial charge in [-0.15, -0.1) is 18.3 Å². The lowest BCUT2D eigenvalue weighted by atomic mass is 9.85. The number of anilines is 1. The van der Waals surface area contributed by atoms with Crippen LogP contribution in [0.25, 0.3) is 0 Å². The lowest BCUT2D eigenvalue weighted by Gasteiger charge is -2.44. The van der Waals surface area contributed by atoms with Gasteiger partial charge in [0.05, 0.1) is 12.1 Å². The molecular formula is C16H23NO2S. The molecule has 0 bridgehead atoms. The van der Waals surface area contributed by atoms with Crippen molar-refractivity contribution in [1.82, 2.24) is 0 Å². The summed E-state index contributed by atoms with van der Waals surface area (Å²) in [5, 5.41) is 3.59. The Labute approximate surface area is 125 Å². The molecule has 0 heterocycles. The molecular weight excluding hydrogens is 270 g/mol. The molecule has 0 saturated heterocycles. The Bertz CT molecular complexity index is 438. The molecule has 0 radical (unpaired) electrons. The van der Waals surface area contributed by atoms with Crippen LogP contribution in [0.3, 0.4) is 0 Å². The van der Waals surface area contributed by atoms with Gasteiger partial charge in [-0.25, -0.2) is 0 Å². The molecule has 1 aliphatic carbocycles. The van der Waals surface area contributed by atoms with Gasteiger partial charge in [0.1, 0.15) is 6.10 Å². The molecule has 0 spiro atoms. The van der Waals surface area contributed by atoms with Gasteiger partial charge in [0.2, 0.25) is 0 Å². The highest BCUT2D eigenvalue weighted by Gasteiger charge is 2.42. The fourth-order valence-electron chi connectivity index (χ4n) is 2.48. The monoisotopic (exact) mass is 293 g/mol. The van der Waals surface area contributed by atoms with E-state index in [4.69, 9.17) is 9.47 Å². The quantitative estimate of drug-likeness (QED) is 0.586. The highest BCUT2D eigenvalue weighted by molar-refractivity contribution is 7.99. The van der Waals surface area contributed by atoms with Crippen molar-refractivity contribution in [2.24, 2.45) is 0 Å². The minimum absolute atomic E-state index is 0.132. The number of methoxy groups -OCH3 is 1. The van der Waals surface area contributed by atoms with E-state index in [1.54, 1.807) is 18.9 Å². The molecule has 3 unspecified atom stereocenters. The summed E-state index contributed by atoms with van der Waals surface area (Å²) in [6.07, 6.45) is 3.27. The zero-order valence-corrected chi connectivity index (χ0v) is 13.0. The van der Waals surface area contributed by atoms with Crippen molar-refractivity contribution in [2.45, 2.75) is 36.5 Å². The second kappa shape index (κ2) is 7.72. The third kappa shape index (κ3) is 3.57. The number of thioether (sulfide) groups is 1. The van der Waals surface area contributed by atoms with Crippen LogP contribution in [-0.2, 0) is 9.47 Å². The topological polar surface area (TPSA) is 30.5 Å². The number of hydrogen-bond donors (Lipinski definition) is 1. The molecule has 0 aromatic heterocycles. The zero-order chi connectivity index (χ0) is 14.4. The lowest BCUT2D eigenvalue weighted by Crippen LogP contribution is -2.56. The molecule has 3 atom stereocenters. The van der Waals surface area contributed by atoms with Crippen molar-refractivity contribution in [3.05, 3.63) is 36.9 Å². The second-order valence-electron chi connectivity index (χ2n) is 4.78. The Kier molecular flexibility index (Phi) is 5.95. The summed E-state index contributed by atoms with van der Waals surface area (Å²) >= 11 is 1.79. The first-order valence-corrected chi connectivity index (χ1v) is 8.02. The summed E-state index contributed by atoms with van der Waals surface area (Å²) in [7, 11) is 1.75. The Hall–Kier alpha value is -0.970. The van der Waals surface area contributed by atoms with Crippen molar-refractivity contribution in [3.63, 3.8) is 0 Å². The first-order valence-electron chi connectivity index (χ1n) is 7.03. The van der Waals surface area contributed by atoms with E-state index in [2.05, 4.69) is 36.2 Å². The van der Waals surface area contributed by atoms with Crippen LogP contribution in [0.1, 0.15) is 13.3 Å². The average Bonchev–Trinajstić information content (AvgIpc) is 2.45. The summed E-state index contributed by atoms with van der Waals surface area (Å²) in [5.74, 6) is 0.915. The molecule has 110 valence electrons. The van der Waals surface area contributed by atoms with E-state index in [9.17, 15) is 0 Å². The molecule has 1 aliphatic rings. The SMILES string of the molecule is C=CCSc1ccccc1NC1CC(OCC)C1OC. The second-order valence-corrected chi connectivity index (χ2v) is 5.84. The molecule has 1 fully saturated rings. The van der Waals surface area contributed by atoms with Crippen LogP contribution >= 0.6 is 11.8 Å². The van der Waals surface area contributed by atoms with Crippen LogP contribution < -0.4 is 5.32 Å². The number of ether oxygens (including phenoxy) is 2. The molecule has 20 heavy (non-hydrogen) atoms. The van der Waals surface area contributed by atoms with Crippen LogP contribution in [0, 0.1) is 0 Å². The average molecular weight is 293 g/mol. The van der Waals surface area contributed by atoms with Crippen LogP contribution in [-0.4, -0.2) is 37.7 Å². The highest BCUT2D eigenvalue weighted by atomic mass is 32.2. The molecule has 1 aromatic rings. The maximum atomic E-state index is 5.66. The van der Waals surface area contributed by atoms with Gasteiger partial charge in [-0.1, -0.05) is 18.2 Å². The van der Waals surface area contributed by atoms with Gasteiger partial charge >= 0.3 is 0 Å². The van der Waals surface area contributed by atoms with Crippen LogP contribution in [0.4, 0.5) is 5.69 Å². The van der Waals surface area contributed by atoms with E-state index < -0.39 is 0 Å². The van der Waals surface area contributed by atoms with E-state index in [-0.39, 0.29) is 12.2 Å². The fraction of sp³-hybridized carbons (Fsp3) is 0.500. The Morgan fingerprint density at radius 3 is 2.95 bits per heavy atom. The summed E-state index contributed by atoms with van der Waals surface area (Å²) in [6, 6.07) is 8.69. The Morgan fingerprint density at radius 1 is 1.45 bits per heavy atom. The predicted octanol–water partition coefficient (Wildman–Crippen LogP) is 3.57. The summed E-state index contributed by atoms with van der Waals surface area (Å²) in [4.78, 5) is 1.25. The van der Waals surface area contributed by atoms with E-state index in [0.29, 0.717) is 6.04 Å². The van der Waals surface area contributed by atoms with Crippen LogP contribution in [0.2, 0.25) is 0 Å². The Morgan fingerprint density at radius 2 is 2.25 bits per heavy atom. The van der Waals surface area contributed by atoms with Crippen molar-refractivity contribution < 1.29 is 9.47 Å². The fourth-order valence-corrected chi connectivity index (χ4v) is 3.23. The first kappa shape index (κ1) is 15.4. The molecule has 3 nitrogen and oxygen atoms in total. The van der Waals surface area contributed by atoms with Gasteiger partial charge in [0, 0.05) is 30.1 Å². The summed E-state index contributed by atoms with van der Waals surface area (Å²) in [5.41, 5.74) is 1.17. The van der Waals surface area contributed by atoms with Crippen molar-refractivity contribution >= 4 is 17.4 Å². The molecule has 1 aromatic carbocycles. The highest BCUT2D eigenvalue weighted by Crippen LogP contribution is 2.33. The van der Waals surface area contributed by atoms with Crippen LogP contribution in [0.15, 0.2) is 41.8 Å².